The first-order chi connectivity index (χ1) is 14.2. The molecule has 4 rings (SSSR count). The SMILES string of the molecule is Cc1cnc(CCNCCc2nc3c(NCC4=C(F)CCC=N4)nccc3o2)[nH]1. The van der Waals surface area contributed by atoms with Crippen LogP contribution in [0.4, 0.5) is 10.2 Å². The summed E-state index contributed by atoms with van der Waals surface area (Å²) in [7, 11) is 0. The third kappa shape index (κ3) is 4.86. The van der Waals surface area contributed by atoms with Crippen molar-refractivity contribution in [1.29, 1.82) is 0 Å². The predicted octanol–water partition coefficient (Wildman–Crippen LogP) is 3.09. The highest BCUT2D eigenvalue weighted by Crippen LogP contribution is 2.23. The molecule has 8 nitrogen and oxygen atoms in total. The average Bonchev–Trinajstić information content (AvgIpc) is 3.33. The van der Waals surface area contributed by atoms with Gasteiger partial charge in [0.05, 0.1) is 12.2 Å². The third-order valence-corrected chi connectivity index (χ3v) is 4.64. The molecule has 0 fully saturated rings. The van der Waals surface area contributed by atoms with Crippen molar-refractivity contribution < 1.29 is 8.81 Å². The largest absolute Gasteiger partial charge is 0.440 e. The Morgan fingerprint density at radius 2 is 2.14 bits per heavy atom. The van der Waals surface area contributed by atoms with Crippen LogP contribution < -0.4 is 10.6 Å². The number of H-pyrrole nitrogens is 1. The van der Waals surface area contributed by atoms with Crippen LogP contribution in [0.5, 0.6) is 0 Å². The van der Waals surface area contributed by atoms with Gasteiger partial charge in [0.1, 0.15) is 11.7 Å². The maximum Gasteiger partial charge on any atom is 0.196 e. The number of pyridine rings is 1. The van der Waals surface area contributed by atoms with Crippen LogP contribution in [0, 0.1) is 6.92 Å². The topological polar surface area (TPSA) is 104 Å². The quantitative estimate of drug-likeness (QED) is 0.480. The number of aliphatic imine (C=N–C) groups is 1. The Kier molecular flexibility index (Phi) is 5.95. The lowest BCUT2D eigenvalue weighted by atomic mass is 10.2. The molecule has 0 radical (unpaired) electrons. The Hall–Kier alpha value is -3.07. The summed E-state index contributed by atoms with van der Waals surface area (Å²) in [6, 6.07) is 1.78. The van der Waals surface area contributed by atoms with E-state index >= 15 is 0 Å². The second-order valence-corrected chi connectivity index (χ2v) is 6.93. The Labute approximate surface area is 167 Å². The summed E-state index contributed by atoms with van der Waals surface area (Å²) in [6.07, 6.45) is 7.77. The van der Waals surface area contributed by atoms with Gasteiger partial charge in [-0.05, 0) is 13.3 Å². The van der Waals surface area contributed by atoms with Crippen molar-refractivity contribution in [2.24, 2.45) is 4.99 Å². The van der Waals surface area contributed by atoms with Gasteiger partial charge in [0.2, 0.25) is 0 Å². The summed E-state index contributed by atoms with van der Waals surface area (Å²) in [5.74, 6) is 2.01. The molecule has 0 aliphatic carbocycles. The molecule has 4 heterocycles. The molecule has 152 valence electrons. The van der Waals surface area contributed by atoms with Crippen molar-refractivity contribution in [3.63, 3.8) is 0 Å². The van der Waals surface area contributed by atoms with E-state index in [1.807, 2.05) is 13.1 Å². The highest BCUT2D eigenvalue weighted by molar-refractivity contribution is 5.84. The van der Waals surface area contributed by atoms with E-state index in [1.165, 1.54) is 0 Å². The third-order valence-electron chi connectivity index (χ3n) is 4.64. The van der Waals surface area contributed by atoms with Gasteiger partial charge >= 0.3 is 0 Å². The number of hydrogen-bond acceptors (Lipinski definition) is 7. The highest BCUT2D eigenvalue weighted by atomic mass is 19.1. The average molecular weight is 397 g/mol. The van der Waals surface area contributed by atoms with E-state index in [2.05, 4.69) is 35.6 Å². The van der Waals surface area contributed by atoms with E-state index in [-0.39, 0.29) is 12.4 Å². The molecular formula is C20H24FN7O. The minimum absolute atomic E-state index is 0.177. The Balaban J connectivity index is 1.31. The fourth-order valence-electron chi connectivity index (χ4n) is 3.15. The molecule has 0 bridgehead atoms. The summed E-state index contributed by atoms with van der Waals surface area (Å²) in [5, 5.41) is 6.50. The van der Waals surface area contributed by atoms with E-state index in [0.29, 0.717) is 47.8 Å². The lowest BCUT2D eigenvalue weighted by molar-refractivity contribution is 0.514. The number of aryl methyl sites for hydroxylation is 1. The normalized spacial score (nSPS) is 14.1. The maximum atomic E-state index is 13.8. The molecule has 1 aliphatic heterocycles. The predicted molar refractivity (Wildman–Crippen MR) is 110 cm³/mol. The second kappa shape index (κ2) is 8.95. The number of halogens is 1. The number of nitrogens with zero attached hydrogens (tertiary/aromatic N) is 4. The van der Waals surface area contributed by atoms with Crippen molar-refractivity contribution >= 4 is 23.1 Å². The number of hydrogen-bond donors (Lipinski definition) is 3. The van der Waals surface area contributed by atoms with Gasteiger partial charge in [-0.15, -0.1) is 0 Å². The highest BCUT2D eigenvalue weighted by Gasteiger charge is 2.13. The van der Waals surface area contributed by atoms with Crippen LogP contribution in [0.3, 0.4) is 0 Å². The van der Waals surface area contributed by atoms with Crippen LogP contribution in [0.25, 0.3) is 11.1 Å². The Morgan fingerprint density at radius 1 is 1.24 bits per heavy atom. The molecule has 9 heteroatoms. The molecule has 3 N–H and O–H groups in total. The van der Waals surface area contributed by atoms with E-state index in [1.54, 1.807) is 18.5 Å². The standard InChI is InChI=1S/C20H24FN7O/c1-13-11-25-17(27-13)5-8-22-9-6-18-28-19-16(29-18)4-10-24-20(19)26-12-15-14(21)3-2-7-23-15/h4,7,10-11,22H,2-3,5-6,8-9,12H2,1H3,(H,24,26)(H,25,27). The van der Waals surface area contributed by atoms with E-state index in [9.17, 15) is 4.39 Å². The van der Waals surface area contributed by atoms with Crippen molar-refractivity contribution in [2.75, 3.05) is 25.0 Å². The van der Waals surface area contributed by atoms with Crippen molar-refractivity contribution in [3.8, 4) is 0 Å². The molecule has 1 aliphatic rings. The lowest BCUT2D eigenvalue weighted by Crippen LogP contribution is -2.20. The number of fused-ring (bicyclic) bond motifs is 1. The summed E-state index contributed by atoms with van der Waals surface area (Å²) in [6.45, 7) is 3.83. The van der Waals surface area contributed by atoms with Crippen LogP contribution in [-0.4, -0.2) is 45.8 Å². The minimum atomic E-state index is -0.177. The van der Waals surface area contributed by atoms with Gasteiger partial charge in [-0.1, -0.05) is 0 Å². The van der Waals surface area contributed by atoms with Crippen LogP contribution in [-0.2, 0) is 12.8 Å². The van der Waals surface area contributed by atoms with E-state index in [4.69, 9.17) is 4.42 Å². The number of oxazole rings is 1. The molecule has 0 saturated carbocycles. The maximum absolute atomic E-state index is 13.8. The van der Waals surface area contributed by atoms with Crippen molar-refractivity contribution in [3.05, 3.63) is 47.4 Å². The van der Waals surface area contributed by atoms with Gasteiger partial charge < -0.3 is 20.0 Å². The zero-order valence-corrected chi connectivity index (χ0v) is 16.3. The molecule has 3 aromatic rings. The minimum Gasteiger partial charge on any atom is -0.440 e. The number of rotatable bonds is 9. The molecule has 0 saturated heterocycles. The van der Waals surface area contributed by atoms with E-state index < -0.39 is 0 Å². The molecular weight excluding hydrogens is 373 g/mol. The first-order valence-corrected chi connectivity index (χ1v) is 9.78. The van der Waals surface area contributed by atoms with Gasteiger partial charge in [0.25, 0.3) is 0 Å². The monoisotopic (exact) mass is 397 g/mol. The number of nitrogens with one attached hydrogen (secondary N) is 3. The lowest BCUT2D eigenvalue weighted by Gasteiger charge is -2.10. The molecule has 3 aromatic heterocycles. The number of anilines is 1. The van der Waals surface area contributed by atoms with Crippen molar-refractivity contribution in [1.82, 2.24) is 25.3 Å². The summed E-state index contributed by atoms with van der Waals surface area (Å²) in [5.41, 5.74) is 2.79. The Morgan fingerprint density at radius 3 is 2.97 bits per heavy atom. The van der Waals surface area contributed by atoms with Gasteiger partial charge in [-0.2, -0.15) is 0 Å². The van der Waals surface area contributed by atoms with Crippen LogP contribution in [0.15, 0.2) is 39.4 Å². The van der Waals surface area contributed by atoms with Crippen LogP contribution in [0.2, 0.25) is 0 Å². The second-order valence-electron chi connectivity index (χ2n) is 6.93. The number of allylic oxidation sites excluding steroid dienone is 1. The summed E-state index contributed by atoms with van der Waals surface area (Å²) < 4.78 is 19.7. The van der Waals surface area contributed by atoms with Crippen LogP contribution >= 0.6 is 0 Å². The van der Waals surface area contributed by atoms with Gasteiger partial charge in [0, 0.05) is 62.7 Å². The zero-order chi connectivity index (χ0) is 20.1. The van der Waals surface area contributed by atoms with Crippen LogP contribution in [0.1, 0.15) is 30.3 Å². The molecule has 0 spiro atoms. The molecule has 29 heavy (non-hydrogen) atoms. The zero-order valence-electron chi connectivity index (χ0n) is 16.3. The fraction of sp³-hybridized carbons (Fsp3) is 0.400. The van der Waals surface area contributed by atoms with E-state index in [0.717, 1.165) is 31.0 Å². The summed E-state index contributed by atoms with van der Waals surface area (Å²) >= 11 is 0. The van der Waals surface area contributed by atoms with Gasteiger partial charge in [0.15, 0.2) is 22.8 Å². The fourth-order valence-corrected chi connectivity index (χ4v) is 3.15. The molecule has 0 unspecified atom stereocenters. The molecule has 0 atom stereocenters. The first-order valence-electron chi connectivity index (χ1n) is 9.78. The van der Waals surface area contributed by atoms with Crippen molar-refractivity contribution in [2.45, 2.75) is 32.6 Å². The first kappa shape index (κ1) is 19.3. The summed E-state index contributed by atoms with van der Waals surface area (Å²) in [4.78, 5) is 20.5. The Bertz CT molecular complexity index is 1040. The number of imidazole rings is 1. The molecule has 0 amide bonds. The van der Waals surface area contributed by atoms with Gasteiger partial charge in [-0.25, -0.2) is 19.3 Å². The molecule has 0 aromatic carbocycles. The smallest absolute Gasteiger partial charge is 0.196 e. The number of aromatic nitrogens is 4. The number of aromatic amines is 1. The van der Waals surface area contributed by atoms with Gasteiger partial charge in [-0.3, -0.25) is 4.99 Å².